The van der Waals surface area contributed by atoms with Crippen molar-refractivity contribution in [1.82, 2.24) is 10.2 Å². The van der Waals surface area contributed by atoms with E-state index in [1.807, 2.05) is 6.07 Å². The Balaban J connectivity index is 1.77. The topological polar surface area (TPSA) is 32.3 Å². The zero-order valence-corrected chi connectivity index (χ0v) is 14.1. The number of carbonyl (C=O) groups excluding carboxylic acids is 1. The monoisotopic (exact) mass is 302 g/mol. The van der Waals surface area contributed by atoms with Gasteiger partial charge in [0.25, 0.3) is 0 Å². The van der Waals surface area contributed by atoms with Crippen LogP contribution >= 0.6 is 0 Å². The molecule has 0 bridgehead atoms. The van der Waals surface area contributed by atoms with Crippen LogP contribution in [0.2, 0.25) is 0 Å². The molecule has 122 valence electrons. The summed E-state index contributed by atoms with van der Waals surface area (Å²) in [5.41, 5.74) is 1.32. The molecular weight excluding hydrogens is 272 g/mol. The fourth-order valence-corrected chi connectivity index (χ4v) is 3.28. The standard InChI is InChI=1S/C19H30N2O/c1-21(2)18(13-16-9-5-3-6-10-16)15-20-19(22)14-17-11-7-4-8-12-17/h3,5-6,9-10,17-18H,4,7-8,11-15H2,1-2H3,(H,20,22). The molecule has 0 aliphatic heterocycles. The van der Waals surface area contributed by atoms with E-state index in [-0.39, 0.29) is 5.91 Å². The highest BCUT2D eigenvalue weighted by Gasteiger charge is 2.18. The van der Waals surface area contributed by atoms with Gasteiger partial charge in [-0.25, -0.2) is 0 Å². The molecule has 3 heteroatoms. The maximum absolute atomic E-state index is 12.2. The summed E-state index contributed by atoms with van der Waals surface area (Å²) in [7, 11) is 4.17. The number of nitrogens with zero attached hydrogens (tertiary/aromatic N) is 1. The lowest BCUT2D eigenvalue weighted by Gasteiger charge is -2.26. The maximum atomic E-state index is 12.2. The molecule has 1 N–H and O–H groups in total. The first-order valence-electron chi connectivity index (χ1n) is 8.62. The summed E-state index contributed by atoms with van der Waals surface area (Å²) in [5.74, 6) is 0.840. The SMILES string of the molecule is CN(C)C(CNC(=O)CC1CCCCC1)Cc1ccccc1. The van der Waals surface area contributed by atoms with E-state index in [9.17, 15) is 4.79 Å². The number of hydrogen-bond acceptors (Lipinski definition) is 2. The summed E-state index contributed by atoms with van der Waals surface area (Å²) in [6.45, 7) is 0.730. The third-order valence-electron chi connectivity index (χ3n) is 4.78. The van der Waals surface area contributed by atoms with E-state index in [2.05, 4.69) is 48.6 Å². The van der Waals surface area contributed by atoms with Gasteiger partial charge in [-0.15, -0.1) is 0 Å². The van der Waals surface area contributed by atoms with Crippen molar-refractivity contribution in [3.05, 3.63) is 35.9 Å². The number of carbonyl (C=O) groups is 1. The lowest BCUT2D eigenvalue weighted by Crippen LogP contribution is -2.42. The van der Waals surface area contributed by atoms with Gasteiger partial charge in [0.05, 0.1) is 0 Å². The molecule has 22 heavy (non-hydrogen) atoms. The van der Waals surface area contributed by atoms with Gasteiger partial charge in [-0.3, -0.25) is 4.79 Å². The van der Waals surface area contributed by atoms with Crippen LogP contribution in [0, 0.1) is 5.92 Å². The van der Waals surface area contributed by atoms with Crippen molar-refractivity contribution in [3.8, 4) is 0 Å². The van der Waals surface area contributed by atoms with E-state index in [4.69, 9.17) is 0 Å². The zero-order valence-electron chi connectivity index (χ0n) is 14.1. The van der Waals surface area contributed by atoms with Crippen molar-refractivity contribution in [1.29, 1.82) is 0 Å². The van der Waals surface area contributed by atoms with Gasteiger partial charge in [0.2, 0.25) is 5.91 Å². The number of likely N-dealkylation sites (N-methyl/N-ethyl adjacent to an activating group) is 1. The van der Waals surface area contributed by atoms with Crippen molar-refractivity contribution in [2.75, 3.05) is 20.6 Å². The van der Waals surface area contributed by atoms with E-state index in [0.717, 1.165) is 13.0 Å². The van der Waals surface area contributed by atoms with Gasteiger partial charge in [-0.1, -0.05) is 49.6 Å². The average Bonchev–Trinajstić information content (AvgIpc) is 2.53. The zero-order chi connectivity index (χ0) is 15.8. The summed E-state index contributed by atoms with van der Waals surface area (Å²) >= 11 is 0. The third kappa shape index (κ3) is 5.80. The Bertz CT molecular complexity index is 438. The Labute approximate surface area is 135 Å². The van der Waals surface area contributed by atoms with Crippen LogP contribution in [-0.4, -0.2) is 37.5 Å². The minimum Gasteiger partial charge on any atom is -0.355 e. The van der Waals surface area contributed by atoms with Gasteiger partial charge >= 0.3 is 0 Å². The van der Waals surface area contributed by atoms with Gasteiger partial charge in [-0.2, -0.15) is 0 Å². The highest BCUT2D eigenvalue weighted by atomic mass is 16.1. The van der Waals surface area contributed by atoms with E-state index >= 15 is 0 Å². The van der Waals surface area contributed by atoms with Crippen LogP contribution in [0.1, 0.15) is 44.1 Å². The molecule has 0 spiro atoms. The second kappa shape index (κ2) is 8.94. The fourth-order valence-electron chi connectivity index (χ4n) is 3.28. The Hall–Kier alpha value is -1.35. The molecule has 1 aliphatic carbocycles. The van der Waals surface area contributed by atoms with Crippen molar-refractivity contribution in [2.45, 2.75) is 51.0 Å². The van der Waals surface area contributed by atoms with Gasteiger partial charge < -0.3 is 10.2 Å². The van der Waals surface area contributed by atoms with Crippen LogP contribution in [-0.2, 0) is 11.2 Å². The minimum atomic E-state index is 0.229. The molecule has 0 aromatic heterocycles. The summed E-state index contributed by atoms with van der Waals surface area (Å²) in [4.78, 5) is 14.4. The largest absolute Gasteiger partial charge is 0.355 e. The second-order valence-corrected chi connectivity index (χ2v) is 6.82. The van der Waals surface area contributed by atoms with Crippen LogP contribution in [0.15, 0.2) is 30.3 Å². The molecule has 1 atom stereocenters. The predicted octanol–water partition coefficient (Wildman–Crippen LogP) is 3.25. The average molecular weight is 302 g/mol. The third-order valence-corrected chi connectivity index (χ3v) is 4.78. The van der Waals surface area contributed by atoms with Crippen LogP contribution in [0.4, 0.5) is 0 Å². The number of rotatable bonds is 7. The summed E-state index contributed by atoms with van der Waals surface area (Å²) in [6.07, 6.45) is 8.09. The molecule has 0 saturated heterocycles. The predicted molar refractivity (Wildman–Crippen MR) is 91.8 cm³/mol. The van der Waals surface area contributed by atoms with Crippen LogP contribution in [0.25, 0.3) is 0 Å². The lowest BCUT2D eigenvalue weighted by atomic mass is 9.87. The van der Waals surface area contributed by atoms with E-state index in [1.54, 1.807) is 0 Å². The van der Waals surface area contributed by atoms with Crippen LogP contribution in [0.3, 0.4) is 0 Å². The summed E-state index contributed by atoms with van der Waals surface area (Å²) in [5, 5.41) is 3.15. The van der Waals surface area contributed by atoms with E-state index in [1.165, 1.54) is 37.7 Å². The van der Waals surface area contributed by atoms with Crippen LogP contribution < -0.4 is 5.32 Å². The van der Waals surface area contributed by atoms with Gasteiger partial charge in [0, 0.05) is 19.0 Å². The number of amides is 1. The normalized spacial score (nSPS) is 17.4. The molecule has 1 saturated carbocycles. The Morgan fingerprint density at radius 1 is 1.18 bits per heavy atom. The first-order chi connectivity index (χ1) is 10.6. The van der Waals surface area contributed by atoms with Crippen molar-refractivity contribution in [2.24, 2.45) is 5.92 Å². The molecule has 1 aliphatic rings. The van der Waals surface area contributed by atoms with Crippen molar-refractivity contribution >= 4 is 5.91 Å². The smallest absolute Gasteiger partial charge is 0.220 e. The van der Waals surface area contributed by atoms with Gasteiger partial charge in [0.1, 0.15) is 0 Å². The summed E-state index contributed by atoms with van der Waals surface area (Å²) < 4.78 is 0. The number of hydrogen-bond donors (Lipinski definition) is 1. The Kier molecular flexibility index (Phi) is 6.91. The molecule has 1 unspecified atom stereocenters. The molecule has 1 aromatic rings. The van der Waals surface area contributed by atoms with Gasteiger partial charge in [0.15, 0.2) is 0 Å². The Morgan fingerprint density at radius 3 is 2.50 bits per heavy atom. The van der Waals surface area contributed by atoms with E-state index in [0.29, 0.717) is 18.4 Å². The first-order valence-corrected chi connectivity index (χ1v) is 8.62. The molecule has 3 nitrogen and oxygen atoms in total. The lowest BCUT2D eigenvalue weighted by molar-refractivity contribution is -0.122. The second-order valence-electron chi connectivity index (χ2n) is 6.82. The highest BCUT2D eigenvalue weighted by molar-refractivity contribution is 5.76. The summed E-state index contributed by atoms with van der Waals surface area (Å²) in [6, 6.07) is 10.8. The molecule has 0 radical (unpaired) electrons. The molecular formula is C19H30N2O. The highest BCUT2D eigenvalue weighted by Crippen LogP contribution is 2.26. The van der Waals surface area contributed by atoms with Crippen molar-refractivity contribution in [3.63, 3.8) is 0 Å². The number of benzene rings is 1. The molecule has 1 amide bonds. The molecule has 1 fully saturated rings. The fraction of sp³-hybridized carbons (Fsp3) is 0.632. The van der Waals surface area contributed by atoms with Gasteiger partial charge in [-0.05, 0) is 44.8 Å². The molecule has 2 rings (SSSR count). The first kappa shape index (κ1) is 17.0. The molecule has 1 aromatic carbocycles. The van der Waals surface area contributed by atoms with Crippen molar-refractivity contribution < 1.29 is 4.79 Å². The Morgan fingerprint density at radius 2 is 1.86 bits per heavy atom. The minimum absolute atomic E-state index is 0.229. The quantitative estimate of drug-likeness (QED) is 0.838. The van der Waals surface area contributed by atoms with Crippen LogP contribution in [0.5, 0.6) is 0 Å². The van der Waals surface area contributed by atoms with E-state index < -0.39 is 0 Å². The maximum Gasteiger partial charge on any atom is 0.220 e. The molecule has 0 heterocycles. The number of nitrogens with one attached hydrogen (secondary N) is 1.